The third kappa shape index (κ3) is 1.29. The highest BCUT2D eigenvalue weighted by atomic mass is 16.8. The van der Waals surface area contributed by atoms with E-state index in [2.05, 4.69) is 13.5 Å². The molecule has 0 aromatic heterocycles. The Morgan fingerprint density at radius 2 is 2.11 bits per heavy atom. The molecule has 4 heteroatoms. The van der Waals surface area contributed by atoms with E-state index in [0.717, 1.165) is 25.7 Å². The van der Waals surface area contributed by atoms with E-state index >= 15 is 0 Å². The molecule has 0 radical (unpaired) electrons. The average Bonchev–Trinajstić information content (AvgIpc) is 2.56. The van der Waals surface area contributed by atoms with Crippen molar-refractivity contribution in [2.24, 2.45) is 17.8 Å². The van der Waals surface area contributed by atoms with Crippen LogP contribution in [0.4, 0.5) is 0 Å². The lowest BCUT2D eigenvalue weighted by molar-refractivity contribution is -0.245. The van der Waals surface area contributed by atoms with Crippen molar-refractivity contribution in [3.63, 3.8) is 0 Å². The fourth-order valence-electron chi connectivity index (χ4n) is 4.73. The Kier molecular flexibility index (Phi) is 2.14. The van der Waals surface area contributed by atoms with Crippen LogP contribution in [-0.2, 0) is 19.0 Å². The third-order valence-corrected chi connectivity index (χ3v) is 5.65. The first kappa shape index (κ1) is 11.9. The fourth-order valence-corrected chi connectivity index (χ4v) is 4.73. The highest BCUT2D eigenvalue weighted by Gasteiger charge is 2.71. The Hall–Kier alpha value is -0.870. The van der Waals surface area contributed by atoms with Gasteiger partial charge in [0.2, 0.25) is 6.29 Å². The van der Waals surface area contributed by atoms with E-state index in [0.29, 0.717) is 17.4 Å². The number of carbonyl (C=O) groups is 1. The van der Waals surface area contributed by atoms with E-state index in [1.54, 1.807) is 0 Å². The van der Waals surface area contributed by atoms with Gasteiger partial charge in [0.25, 0.3) is 0 Å². The van der Waals surface area contributed by atoms with Crippen molar-refractivity contribution in [1.82, 2.24) is 0 Å². The number of hydrogen-bond acceptors (Lipinski definition) is 4. The minimum Gasteiger partial charge on any atom is -0.429 e. The van der Waals surface area contributed by atoms with Gasteiger partial charge in [0.1, 0.15) is 5.60 Å². The predicted molar refractivity (Wildman–Crippen MR) is 66.9 cm³/mol. The third-order valence-electron chi connectivity index (χ3n) is 5.65. The van der Waals surface area contributed by atoms with Crippen molar-refractivity contribution in [2.45, 2.75) is 57.2 Å². The van der Waals surface area contributed by atoms with Gasteiger partial charge in [-0.2, -0.15) is 0 Å². The lowest BCUT2D eigenvalue weighted by Gasteiger charge is -2.54. The maximum absolute atomic E-state index is 12.0. The summed E-state index contributed by atoms with van der Waals surface area (Å²) in [6, 6.07) is 0. The molecule has 2 bridgehead atoms. The molecule has 0 aromatic carbocycles. The molecule has 1 saturated carbocycles. The first-order valence-electron chi connectivity index (χ1n) is 7.24. The molecule has 19 heavy (non-hydrogen) atoms. The molecule has 4 nitrogen and oxygen atoms in total. The Balaban J connectivity index is 1.86. The molecule has 104 valence electrons. The zero-order valence-corrected chi connectivity index (χ0v) is 11.5. The van der Waals surface area contributed by atoms with Gasteiger partial charge in [-0.15, -0.1) is 0 Å². The van der Waals surface area contributed by atoms with Crippen molar-refractivity contribution in [1.29, 1.82) is 0 Å². The topological polar surface area (TPSA) is 44.8 Å². The number of carbonyl (C=O) groups excluding carboxylic acids is 1. The standard InChI is InChI=1S/C15H20O4/c1-8-4-5-11-9(2)12(16)17-13-15(11)10(8)6-7-14(3,18-13)19-15/h8,10-11,13H,2,4-7H2,1,3H3/t8-,10+,11+,13-,14?,15-/m1/s1. The summed E-state index contributed by atoms with van der Waals surface area (Å²) in [6.45, 7) is 8.19. The Labute approximate surface area is 113 Å². The monoisotopic (exact) mass is 264 g/mol. The molecule has 4 aliphatic rings. The zero-order chi connectivity index (χ0) is 13.4. The molecule has 1 unspecified atom stereocenters. The molecule has 3 saturated heterocycles. The first-order chi connectivity index (χ1) is 8.96. The van der Waals surface area contributed by atoms with Gasteiger partial charge in [-0.3, -0.25) is 0 Å². The van der Waals surface area contributed by atoms with Crippen LogP contribution in [0.3, 0.4) is 0 Å². The number of rotatable bonds is 0. The second-order valence-corrected chi connectivity index (χ2v) is 6.72. The van der Waals surface area contributed by atoms with E-state index in [1.807, 2.05) is 6.92 Å². The maximum atomic E-state index is 12.0. The van der Waals surface area contributed by atoms with Crippen molar-refractivity contribution in [2.75, 3.05) is 0 Å². The van der Waals surface area contributed by atoms with Crippen LogP contribution in [0.15, 0.2) is 12.2 Å². The molecule has 0 amide bonds. The quantitative estimate of drug-likeness (QED) is 0.498. The molecule has 1 spiro atoms. The normalized spacial score (nSPS) is 55.7. The summed E-state index contributed by atoms with van der Waals surface area (Å²) in [5, 5.41) is 0. The van der Waals surface area contributed by atoms with Crippen LogP contribution in [0.2, 0.25) is 0 Å². The van der Waals surface area contributed by atoms with Gasteiger partial charge in [-0.25, -0.2) is 4.79 Å². The van der Waals surface area contributed by atoms with E-state index in [1.165, 1.54) is 0 Å². The minimum absolute atomic E-state index is 0.0575. The summed E-state index contributed by atoms with van der Waals surface area (Å²) in [7, 11) is 0. The molecular formula is C15H20O4. The van der Waals surface area contributed by atoms with Gasteiger partial charge < -0.3 is 14.2 Å². The van der Waals surface area contributed by atoms with Crippen LogP contribution in [-0.4, -0.2) is 23.6 Å². The molecule has 6 atom stereocenters. The largest absolute Gasteiger partial charge is 0.429 e. The number of hydrogen-bond donors (Lipinski definition) is 0. The molecular weight excluding hydrogens is 244 g/mol. The number of fused-ring (bicyclic) bond motifs is 1. The van der Waals surface area contributed by atoms with E-state index in [-0.39, 0.29) is 11.9 Å². The highest BCUT2D eigenvalue weighted by molar-refractivity contribution is 5.90. The Morgan fingerprint density at radius 3 is 2.89 bits per heavy atom. The van der Waals surface area contributed by atoms with Gasteiger partial charge in [-0.1, -0.05) is 13.5 Å². The lowest BCUT2D eigenvalue weighted by Crippen LogP contribution is -2.63. The van der Waals surface area contributed by atoms with Crippen LogP contribution in [0.5, 0.6) is 0 Å². The van der Waals surface area contributed by atoms with Gasteiger partial charge in [0.15, 0.2) is 5.79 Å². The van der Waals surface area contributed by atoms with Crippen LogP contribution < -0.4 is 0 Å². The smallest absolute Gasteiger partial charge is 0.336 e. The summed E-state index contributed by atoms with van der Waals surface area (Å²) in [5.74, 6) is 0.128. The SMILES string of the molecule is C=C1C(=O)O[C@@H]2OC3(C)CC[C@H]4[C@H](C)CC[C@@H]1[C@@]24O3. The van der Waals surface area contributed by atoms with Crippen LogP contribution >= 0.6 is 0 Å². The van der Waals surface area contributed by atoms with Crippen molar-refractivity contribution >= 4 is 5.97 Å². The molecule has 4 rings (SSSR count). The lowest BCUT2D eigenvalue weighted by atomic mass is 9.58. The summed E-state index contributed by atoms with van der Waals surface area (Å²) in [6.07, 6.45) is 3.47. The van der Waals surface area contributed by atoms with E-state index in [9.17, 15) is 4.79 Å². The first-order valence-corrected chi connectivity index (χ1v) is 7.24. The second kappa shape index (κ2) is 3.41. The van der Waals surface area contributed by atoms with E-state index in [4.69, 9.17) is 14.2 Å². The minimum atomic E-state index is -0.596. The Morgan fingerprint density at radius 1 is 1.32 bits per heavy atom. The second-order valence-electron chi connectivity index (χ2n) is 6.72. The maximum Gasteiger partial charge on any atom is 0.336 e. The predicted octanol–water partition coefficient (Wildman–Crippen LogP) is 2.38. The summed E-state index contributed by atoms with van der Waals surface area (Å²) >= 11 is 0. The molecule has 3 heterocycles. The van der Waals surface area contributed by atoms with Crippen molar-refractivity contribution in [3.8, 4) is 0 Å². The fraction of sp³-hybridized carbons (Fsp3) is 0.800. The summed E-state index contributed by atoms with van der Waals surface area (Å²) in [4.78, 5) is 12.0. The molecule has 0 N–H and O–H groups in total. The Bertz CT molecular complexity index is 473. The molecule has 3 aliphatic heterocycles. The molecule has 0 aromatic rings. The van der Waals surface area contributed by atoms with E-state index < -0.39 is 17.7 Å². The van der Waals surface area contributed by atoms with Gasteiger partial charge in [-0.05, 0) is 38.0 Å². The van der Waals surface area contributed by atoms with Crippen LogP contribution in [0, 0.1) is 17.8 Å². The average molecular weight is 264 g/mol. The van der Waals surface area contributed by atoms with Crippen LogP contribution in [0.25, 0.3) is 0 Å². The van der Waals surface area contributed by atoms with Gasteiger partial charge >= 0.3 is 5.97 Å². The van der Waals surface area contributed by atoms with Crippen molar-refractivity contribution < 1.29 is 19.0 Å². The van der Waals surface area contributed by atoms with Crippen molar-refractivity contribution in [3.05, 3.63) is 12.2 Å². The summed E-state index contributed by atoms with van der Waals surface area (Å²) < 4.78 is 17.8. The zero-order valence-electron chi connectivity index (χ0n) is 11.5. The number of ether oxygens (including phenoxy) is 3. The highest BCUT2D eigenvalue weighted by Crippen LogP contribution is 2.62. The van der Waals surface area contributed by atoms with Gasteiger partial charge in [0, 0.05) is 17.9 Å². The molecule has 1 aliphatic carbocycles. The van der Waals surface area contributed by atoms with Gasteiger partial charge in [0.05, 0.1) is 0 Å². The van der Waals surface area contributed by atoms with Crippen LogP contribution in [0.1, 0.15) is 39.5 Å². The summed E-state index contributed by atoms with van der Waals surface area (Å²) in [5.41, 5.74) is 0.0956. The number of esters is 1. The molecule has 4 fully saturated rings.